The molecule has 6 heteroatoms. The summed E-state index contributed by atoms with van der Waals surface area (Å²) >= 11 is 1.83. The van der Waals surface area contributed by atoms with Gasteiger partial charge in [0.1, 0.15) is 0 Å². The first kappa shape index (κ1) is 18.1. The Hall–Kier alpha value is -1.66. The number of thiophene rings is 1. The zero-order valence-corrected chi connectivity index (χ0v) is 16.3. The van der Waals surface area contributed by atoms with Crippen LogP contribution in [0.4, 0.5) is 0 Å². The molecule has 0 spiro atoms. The van der Waals surface area contributed by atoms with Crippen LogP contribution in [0.5, 0.6) is 0 Å². The lowest BCUT2D eigenvalue weighted by Crippen LogP contribution is -2.49. The number of nitrogens with zero attached hydrogens (tertiary/aromatic N) is 4. The van der Waals surface area contributed by atoms with Crippen molar-refractivity contribution in [3.05, 3.63) is 39.3 Å². The first-order chi connectivity index (χ1) is 12.0. The summed E-state index contributed by atoms with van der Waals surface area (Å²) < 4.78 is 1.90. The second-order valence-electron chi connectivity index (χ2n) is 6.82. The Morgan fingerprint density at radius 2 is 1.96 bits per heavy atom. The Bertz CT molecular complexity index is 699. The van der Waals surface area contributed by atoms with E-state index in [-0.39, 0.29) is 5.91 Å². The molecule has 1 aliphatic heterocycles. The van der Waals surface area contributed by atoms with Crippen molar-refractivity contribution in [1.82, 2.24) is 19.6 Å². The highest BCUT2D eigenvalue weighted by atomic mass is 32.1. The lowest BCUT2D eigenvalue weighted by molar-refractivity contribution is -0.132. The molecule has 0 aliphatic carbocycles. The third kappa shape index (κ3) is 4.50. The molecular formula is C19H28N4OS. The zero-order chi connectivity index (χ0) is 17.8. The summed E-state index contributed by atoms with van der Waals surface area (Å²) in [6.07, 6.45) is 2.50. The maximum Gasteiger partial charge on any atom is 0.222 e. The molecule has 1 saturated heterocycles. The van der Waals surface area contributed by atoms with Gasteiger partial charge in [0.05, 0.1) is 5.69 Å². The lowest BCUT2D eigenvalue weighted by Gasteiger charge is -2.34. The van der Waals surface area contributed by atoms with E-state index in [0.717, 1.165) is 51.3 Å². The van der Waals surface area contributed by atoms with Crippen LogP contribution in [-0.2, 0) is 24.7 Å². The fourth-order valence-corrected chi connectivity index (χ4v) is 4.21. The first-order valence-corrected chi connectivity index (χ1v) is 9.94. The largest absolute Gasteiger partial charge is 0.340 e. The maximum absolute atomic E-state index is 12.5. The van der Waals surface area contributed by atoms with Crippen molar-refractivity contribution in [2.75, 3.05) is 32.7 Å². The molecular weight excluding hydrogens is 332 g/mol. The predicted octanol–water partition coefficient (Wildman–Crippen LogP) is 2.42. The molecule has 0 atom stereocenters. The van der Waals surface area contributed by atoms with E-state index in [1.54, 1.807) is 0 Å². The van der Waals surface area contributed by atoms with Gasteiger partial charge in [0, 0.05) is 56.8 Å². The molecule has 5 nitrogen and oxygen atoms in total. The van der Waals surface area contributed by atoms with Gasteiger partial charge in [-0.3, -0.25) is 14.4 Å². The maximum atomic E-state index is 12.5. The van der Waals surface area contributed by atoms with E-state index in [1.807, 2.05) is 34.9 Å². The second-order valence-corrected chi connectivity index (χ2v) is 7.86. The van der Waals surface area contributed by atoms with Crippen molar-refractivity contribution < 1.29 is 4.79 Å². The molecule has 2 aromatic rings. The van der Waals surface area contributed by atoms with E-state index in [1.165, 1.54) is 16.1 Å². The van der Waals surface area contributed by atoms with Crippen molar-refractivity contribution in [3.63, 3.8) is 0 Å². The van der Waals surface area contributed by atoms with Crippen LogP contribution >= 0.6 is 11.3 Å². The Balaban J connectivity index is 1.42. The summed E-state index contributed by atoms with van der Waals surface area (Å²) in [5, 5.41) is 6.58. The van der Waals surface area contributed by atoms with Crippen LogP contribution in [0.2, 0.25) is 0 Å². The molecule has 1 aliphatic rings. The molecule has 0 bridgehead atoms. The number of rotatable bonds is 6. The third-order valence-corrected chi connectivity index (χ3v) is 6.16. The predicted molar refractivity (Wildman–Crippen MR) is 102 cm³/mol. The van der Waals surface area contributed by atoms with Gasteiger partial charge in [-0.25, -0.2) is 0 Å². The minimum atomic E-state index is 0.278. The Kier molecular flexibility index (Phi) is 5.91. The minimum Gasteiger partial charge on any atom is -0.340 e. The van der Waals surface area contributed by atoms with Crippen molar-refractivity contribution in [2.45, 2.75) is 33.1 Å². The van der Waals surface area contributed by atoms with Crippen LogP contribution in [0.1, 0.15) is 28.2 Å². The minimum absolute atomic E-state index is 0.278. The molecule has 3 heterocycles. The fraction of sp³-hybridized carbons (Fsp3) is 0.579. The average molecular weight is 361 g/mol. The van der Waals surface area contributed by atoms with Crippen LogP contribution in [0.25, 0.3) is 0 Å². The van der Waals surface area contributed by atoms with Gasteiger partial charge in [-0.05, 0) is 43.7 Å². The number of carbonyl (C=O) groups excluding carboxylic acids is 1. The van der Waals surface area contributed by atoms with Gasteiger partial charge in [0.25, 0.3) is 0 Å². The Morgan fingerprint density at radius 3 is 2.56 bits per heavy atom. The van der Waals surface area contributed by atoms with Crippen molar-refractivity contribution in [1.29, 1.82) is 0 Å². The lowest BCUT2D eigenvalue weighted by atomic mass is 10.1. The molecule has 25 heavy (non-hydrogen) atoms. The smallest absolute Gasteiger partial charge is 0.222 e. The van der Waals surface area contributed by atoms with Gasteiger partial charge in [-0.1, -0.05) is 6.07 Å². The molecule has 0 aromatic carbocycles. The molecule has 1 amide bonds. The van der Waals surface area contributed by atoms with Crippen LogP contribution < -0.4 is 0 Å². The highest BCUT2D eigenvalue weighted by Crippen LogP contribution is 2.16. The van der Waals surface area contributed by atoms with Crippen LogP contribution in [0.3, 0.4) is 0 Å². The number of aryl methyl sites for hydroxylation is 2. The molecule has 136 valence electrons. The van der Waals surface area contributed by atoms with Gasteiger partial charge in [0.15, 0.2) is 0 Å². The second kappa shape index (κ2) is 8.15. The summed E-state index contributed by atoms with van der Waals surface area (Å²) in [6.45, 7) is 8.88. The summed E-state index contributed by atoms with van der Waals surface area (Å²) in [7, 11) is 1.96. The number of aromatic nitrogens is 2. The molecule has 0 saturated carbocycles. The Morgan fingerprint density at radius 1 is 1.20 bits per heavy atom. The van der Waals surface area contributed by atoms with E-state index in [0.29, 0.717) is 6.42 Å². The highest BCUT2D eigenvalue weighted by Gasteiger charge is 2.21. The van der Waals surface area contributed by atoms with E-state index in [2.05, 4.69) is 34.4 Å². The summed E-state index contributed by atoms with van der Waals surface area (Å²) in [4.78, 5) is 18.5. The van der Waals surface area contributed by atoms with Crippen molar-refractivity contribution >= 4 is 17.2 Å². The first-order valence-electron chi connectivity index (χ1n) is 9.06. The SMILES string of the molecule is Cc1nn(C)c(C)c1CCC(=O)N1CCN(CCc2cccs2)CC1. The van der Waals surface area contributed by atoms with Crippen molar-refractivity contribution in [3.8, 4) is 0 Å². The van der Waals surface area contributed by atoms with Gasteiger partial charge in [-0.15, -0.1) is 11.3 Å². The summed E-state index contributed by atoms with van der Waals surface area (Å²) in [6, 6.07) is 4.31. The highest BCUT2D eigenvalue weighted by molar-refractivity contribution is 7.09. The number of hydrogen-bond donors (Lipinski definition) is 0. The standard InChI is InChI=1S/C19H28N4OS/c1-15-18(16(2)21(3)20-15)6-7-19(24)23-12-10-22(11-13-23)9-8-17-5-4-14-25-17/h4-5,14H,6-13H2,1-3H3. The average Bonchev–Trinajstić information content (AvgIpc) is 3.21. The van der Waals surface area contributed by atoms with E-state index < -0.39 is 0 Å². The Labute approximate surface area is 154 Å². The van der Waals surface area contributed by atoms with Gasteiger partial charge >= 0.3 is 0 Å². The molecule has 0 N–H and O–H groups in total. The quantitative estimate of drug-likeness (QED) is 0.794. The monoisotopic (exact) mass is 360 g/mol. The van der Waals surface area contributed by atoms with Gasteiger partial charge in [-0.2, -0.15) is 5.10 Å². The van der Waals surface area contributed by atoms with Crippen molar-refractivity contribution in [2.24, 2.45) is 7.05 Å². The number of hydrogen-bond acceptors (Lipinski definition) is 4. The normalized spacial score (nSPS) is 15.7. The fourth-order valence-electron chi connectivity index (χ4n) is 3.51. The molecule has 3 rings (SSSR count). The molecule has 1 fully saturated rings. The van der Waals surface area contributed by atoms with Gasteiger partial charge in [0.2, 0.25) is 5.91 Å². The molecule has 0 unspecified atom stereocenters. The number of carbonyl (C=O) groups is 1. The zero-order valence-electron chi connectivity index (χ0n) is 15.5. The van der Waals surface area contributed by atoms with Gasteiger partial charge < -0.3 is 4.90 Å². The summed E-state index contributed by atoms with van der Waals surface area (Å²) in [5.74, 6) is 0.278. The van der Waals surface area contributed by atoms with E-state index in [4.69, 9.17) is 0 Å². The van der Waals surface area contributed by atoms with Crippen LogP contribution in [0, 0.1) is 13.8 Å². The van der Waals surface area contributed by atoms with Crippen LogP contribution in [0.15, 0.2) is 17.5 Å². The number of piperazine rings is 1. The molecule has 2 aromatic heterocycles. The third-order valence-electron chi connectivity index (χ3n) is 5.23. The van der Waals surface area contributed by atoms with E-state index >= 15 is 0 Å². The van der Waals surface area contributed by atoms with E-state index in [9.17, 15) is 4.79 Å². The van der Waals surface area contributed by atoms with Crippen LogP contribution in [-0.4, -0.2) is 58.2 Å². The molecule has 0 radical (unpaired) electrons. The number of amides is 1. The topological polar surface area (TPSA) is 41.4 Å². The summed E-state index contributed by atoms with van der Waals surface area (Å²) in [5.41, 5.74) is 3.44.